The van der Waals surface area contributed by atoms with E-state index in [9.17, 15) is 8.78 Å². The molecule has 0 saturated heterocycles. The van der Waals surface area contributed by atoms with Gasteiger partial charge in [-0.15, -0.1) is 0 Å². The fraction of sp³-hybridized carbons (Fsp3) is 0.200. The van der Waals surface area contributed by atoms with Gasteiger partial charge in [-0.1, -0.05) is 29.8 Å². The molecule has 0 aromatic heterocycles. The molecule has 2 rings (SSSR count). The highest BCUT2D eigenvalue weighted by molar-refractivity contribution is 6.30. The van der Waals surface area contributed by atoms with Crippen molar-refractivity contribution in [3.8, 4) is 0 Å². The van der Waals surface area contributed by atoms with Gasteiger partial charge in [0.25, 0.3) is 0 Å². The number of halogens is 3. The zero-order valence-electron chi connectivity index (χ0n) is 10.7. The third-order valence-electron chi connectivity index (χ3n) is 3.14. The molecule has 0 bridgehead atoms. The molecule has 0 saturated carbocycles. The van der Waals surface area contributed by atoms with Crippen molar-refractivity contribution in [1.29, 1.82) is 0 Å². The minimum atomic E-state index is -0.554. The first-order valence-electron chi connectivity index (χ1n) is 6.23. The van der Waals surface area contributed by atoms with Crippen LogP contribution < -0.4 is 11.3 Å². The molecule has 3 N–H and O–H groups in total. The summed E-state index contributed by atoms with van der Waals surface area (Å²) in [6.45, 7) is 0. The van der Waals surface area contributed by atoms with Gasteiger partial charge in [0.15, 0.2) is 0 Å². The Balaban J connectivity index is 2.11. The van der Waals surface area contributed by atoms with Crippen molar-refractivity contribution in [3.05, 3.63) is 70.2 Å². The summed E-state index contributed by atoms with van der Waals surface area (Å²) in [7, 11) is 0. The Morgan fingerprint density at radius 2 is 1.60 bits per heavy atom. The van der Waals surface area contributed by atoms with E-state index in [1.54, 1.807) is 12.1 Å². The Bertz CT molecular complexity index is 552. The van der Waals surface area contributed by atoms with Crippen LogP contribution in [0, 0.1) is 11.6 Å². The highest BCUT2D eigenvalue weighted by Gasteiger charge is 2.15. The highest BCUT2D eigenvalue weighted by Crippen LogP contribution is 2.17. The third-order valence-corrected chi connectivity index (χ3v) is 3.40. The summed E-state index contributed by atoms with van der Waals surface area (Å²) in [6.07, 6.45) is 0.735. The number of nitrogens with two attached hydrogens (primary N) is 1. The van der Waals surface area contributed by atoms with Crippen molar-refractivity contribution >= 4 is 11.6 Å². The molecule has 0 aliphatic rings. The topological polar surface area (TPSA) is 38.0 Å². The van der Waals surface area contributed by atoms with Crippen LogP contribution in [0.4, 0.5) is 8.78 Å². The predicted molar refractivity (Wildman–Crippen MR) is 76.3 cm³/mol. The van der Waals surface area contributed by atoms with Gasteiger partial charge in [-0.25, -0.2) is 8.78 Å². The first-order valence-corrected chi connectivity index (χ1v) is 6.61. The SMILES string of the molecule is NNC(Cc1ccc(Cl)cc1)Cc1c(F)cccc1F. The number of hydrazine groups is 1. The maximum absolute atomic E-state index is 13.6. The summed E-state index contributed by atoms with van der Waals surface area (Å²) >= 11 is 5.81. The van der Waals surface area contributed by atoms with Crippen molar-refractivity contribution < 1.29 is 8.78 Å². The number of nitrogens with one attached hydrogen (secondary N) is 1. The van der Waals surface area contributed by atoms with Crippen molar-refractivity contribution in [2.45, 2.75) is 18.9 Å². The van der Waals surface area contributed by atoms with Gasteiger partial charge in [0.2, 0.25) is 0 Å². The molecule has 0 fully saturated rings. The lowest BCUT2D eigenvalue weighted by atomic mass is 9.99. The lowest BCUT2D eigenvalue weighted by Crippen LogP contribution is -2.38. The molecule has 0 amide bonds. The summed E-state index contributed by atoms with van der Waals surface area (Å²) in [4.78, 5) is 0. The molecule has 0 heterocycles. The van der Waals surface area contributed by atoms with Crippen LogP contribution in [0.15, 0.2) is 42.5 Å². The minimum absolute atomic E-state index is 0.0458. The number of rotatable bonds is 5. The lowest BCUT2D eigenvalue weighted by Gasteiger charge is -2.17. The van der Waals surface area contributed by atoms with Gasteiger partial charge in [-0.3, -0.25) is 11.3 Å². The molecule has 20 heavy (non-hydrogen) atoms. The fourth-order valence-electron chi connectivity index (χ4n) is 2.07. The molecule has 106 valence electrons. The quantitative estimate of drug-likeness (QED) is 0.657. The number of benzene rings is 2. The Kier molecular flexibility index (Phi) is 5.06. The molecule has 5 heteroatoms. The summed E-state index contributed by atoms with van der Waals surface area (Å²) in [5, 5.41) is 0.645. The number of hydrogen-bond donors (Lipinski definition) is 2. The molecule has 1 atom stereocenters. The molecular weight excluding hydrogens is 282 g/mol. The average molecular weight is 297 g/mol. The van der Waals surface area contributed by atoms with E-state index in [-0.39, 0.29) is 18.0 Å². The van der Waals surface area contributed by atoms with Gasteiger partial charge >= 0.3 is 0 Å². The van der Waals surface area contributed by atoms with Crippen LogP contribution in [0.2, 0.25) is 5.02 Å². The van der Waals surface area contributed by atoms with E-state index < -0.39 is 11.6 Å². The molecule has 2 aromatic carbocycles. The summed E-state index contributed by atoms with van der Waals surface area (Å²) < 4.78 is 27.2. The maximum Gasteiger partial charge on any atom is 0.129 e. The van der Waals surface area contributed by atoms with Crippen molar-refractivity contribution in [3.63, 3.8) is 0 Å². The summed E-state index contributed by atoms with van der Waals surface area (Å²) in [6, 6.07) is 10.8. The highest BCUT2D eigenvalue weighted by atomic mass is 35.5. The van der Waals surface area contributed by atoms with Crippen LogP contribution in [0.1, 0.15) is 11.1 Å². The zero-order valence-corrected chi connectivity index (χ0v) is 11.5. The van der Waals surface area contributed by atoms with Crippen LogP contribution in [-0.4, -0.2) is 6.04 Å². The van der Waals surface area contributed by atoms with Crippen LogP contribution in [0.25, 0.3) is 0 Å². The molecule has 1 unspecified atom stereocenters. The molecular formula is C15H15ClF2N2. The normalized spacial score (nSPS) is 12.4. The second kappa shape index (κ2) is 6.79. The van der Waals surface area contributed by atoms with Gasteiger partial charge in [0.05, 0.1) is 0 Å². The van der Waals surface area contributed by atoms with E-state index in [0.29, 0.717) is 11.4 Å². The largest absolute Gasteiger partial charge is 0.271 e. The second-order valence-corrected chi connectivity index (χ2v) is 5.03. The van der Waals surface area contributed by atoms with Gasteiger partial charge in [0, 0.05) is 16.6 Å². The predicted octanol–water partition coefficient (Wildman–Crippen LogP) is 3.24. The number of hydrogen-bond acceptors (Lipinski definition) is 2. The molecule has 2 aromatic rings. The van der Waals surface area contributed by atoms with Gasteiger partial charge in [-0.2, -0.15) is 0 Å². The second-order valence-electron chi connectivity index (χ2n) is 4.60. The molecule has 2 nitrogen and oxygen atoms in total. The smallest absolute Gasteiger partial charge is 0.129 e. The first kappa shape index (κ1) is 14.9. The summed E-state index contributed by atoms with van der Waals surface area (Å²) in [5.41, 5.74) is 3.64. The Labute approximate surface area is 121 Å². The fourth-order valence-corrected chi connectivity index (χ4v) is 2.19. The van der Waals surface area contributed by atoms with Crippen LogP contribution in [0.3, 0.4) is 0 Å². The average Bonchev–Trinajstić information content (AvgIpc) is 2.44. The van der Waals surface area contributed by atoms with Crippen LogP contribution in [0.5, 0.6) is 0 Å². The van der Waals surface area contributed by atoms with Gasteiger partial charge < -0.3 is 0 Å². The standard InChI is InChI=1S/C15H15ClF2N2/c16-11-6-4-10(5-7-11)8-12(20-19)9-13-14(17)2-1-3-15(13)18/h1-7,12,20H,8-9,19H2. The molecule has 0 radical (unpaired) electrons. The Morgan fingerprint density at radius 1 is 1.00 bits per heavy atom. The van der Waals surface area contributed by atoms with E-state index in [1.165, 1.54) is 18.2 Å². The Hall–Kier alpha value is -1.49. The monoisotopic (exact) mass is 296 g/mol. The minimum Gasteiger partial charge on any atom is -0.271 e. The van der Waals surface area contributed by atoms with Gasteiger partial charge in [-0.05, 0) is 42.7 Å². The van der Waals surface area contributed by atoms with E-state index >= 15 is 0 Å². The summed E-state index contributed by atoms with van der Waals surface area (Å²) in [5.74, 6) is 4.37. The van der Waals surface area contributed by atoms with Crippen molar-refractivity contribution in [2.24, 2.45) is 5.84 Å². The third kappa shape index (κ3) is 3.76. The van der Waals surface area contributed by atoms with Crippen LogP contribution in [-0.2, 0) is 12.8 Å². The van der Waals surface area contributed by atoms with Crippen molar-refractivity contribution in [1.82, 2.24) is 5.43 Å². The lowest BCUT2D eigenvalue weighted by molar-refractivity contribution is 0.484. The van der Waals surface area contributed by atoms with Gasteiger partial charge in [0.1, 0.15) is 11.6 Å². The van der Waals surface area contributed by atoms with Crippen molar-refractivity contribution in [2.75, 3.05) is 0 Å². The van der Waals surface area contributed by atoms with E-state index in [2.05, 4.69) is 5.43 Å². The van der Waals surface area contributed by atoms with E-state index in [1.807, 2.05) is 12.1 Å². The first-order chi connectivity index (χ1) is 9.60. The maximum atomic E-state index is 13.6. The zero-order chi connectivity index (χ0) is 14.5. The van der Waals surface area contributed by atoms with E-state index in [0.717, 1.165) is 5.56 Å². The Morgan fingerprint density at radius 3 is 2.15 bits per heavy atom. The van der Waals surface area contributed by atoms with E-state index in [4.69, 9.17) is 17.4 Å². The van der Waals surface area contributed by atoms with Crippen LogP contribution >= 0.6 is 11.6 Å². The molecule has 0 aliphatic carbocycles. The molecule has 0 aliphatic heterocycles. The molecule has 0 spiro atoms.